The van der Waals surface area contributed by atoms with E-state index in [-0.39, 0.29) is 11.5 Å². The van der Waals surface area contributed by atoms with Crippen molar-refractivity contribution in [1.29, 1.82) is 0 Å². The van der Waals surface area contributed by atoms with Crippen molar-refractivity contribution in [3.05, 3.63) is 71.5 Å². The number of amides is 1. The minimum Gasteiger partial charge on any atom is -0.495 e. The largest absolute Gasteiger partial charge is 0.495 e. The number of fused-ring (bicyclic) bond motifs is 1. The molecule has 1 heterocycles. The maximum Gasteiger partial charge on any atom is 0.262 e. The Kier molecular flexibility index (Phi) is 6.16. The second kappa shape index (κ2) is 8.75. The van der Waals surface area contributed by atoms with Crippen LogP contribution in [-0.2, 0) is 11.3 Å². The van der Waals surface area contributed by atoms with E-state index in [0.717, 1.165) is 0 Å². The maximum absolute atomic E-state index is 12.8. The lowest BCUT2D eigenvalue weighted by atomic mass is 10.2. The van der Waals surface area contributed by atoms with Gasteiger partial charge in [-0.15, -0.1) is 6.58 Å². The summed E-state index contributed by atoms with van der Waals surface area (Å²) >= 11 is 1.23. The minimum atomic E-state index is -0.478. The number of allylic oxidation sites excluding steroid dienone is 1. The van der Waals surface area contributed by atoms with E-state index in [2.05, 4.69) is 16.9 Å². The van der Waals surface area contributed by atoms with Crippen molar-refractivity contribution in [1.82, 2.24) is 9.55 Å². The van der Waals surface area contributed by atoms with Crippen molar-refractivity contribution >= 4 is 34.3 Å². The van der Waals surface area contributed by atoms with Crippen LogP contribution in [0.5, 0.6) is 5.75 Å². The van der Waals surface area contributed by atoms with E-state index >= 15 is 0 Å². The van der Waals surface area contributed by atoms with Crippen LogP contribution in [0, 0.1) is 0 Å². The van der Waals surface area contributed by atoms with Gasteiger partial charge in [-0.25, -0.2) is 4.98 Å². The molecule has 3 rings (SSSR count). The Morgan fingerprint density at radius 1 is 1.29 bits per heavy atom. The summed E-state index contributed by atoms with van der Waals surface area (Å²) in [6, 6.07) is 14.4. The molecule has 6 nitrogen and oxygen atoms in total. The number of nitrogens with zero attached hydrogens (tertiary/aromatic N) is 2. The number of nitrogens with one attached hydrogen (secondary N) is 1. The molecule has 0 fully saturated rings. The van der Waals surface area contributed by atoms with E-state index < -0.39 is 5.25 Å². The molecule has 144 valence electrons. The predicted octanol–water partition coefficient (Wildman–Crippen LogP) is 3.71. The van der Waals surface area contributed by atoms with E-state index in [4.69, 9.17) is 4.74 Å². The fraction of sp³-hybridized carbons (Fsp3) is 0.190. The quantitative estimate of drug-likeness (QED) is 0.375. The molecule has 0 aliphatic carbocycles. The molecule has 0 aliphatic rings. The van der Waals surface area contributed by atoms with E-state index in [9.17, 15) is 9.59 Å². The number of para-hydroxylation sites is 3. The third-order valence-corrected chi connectivity index (χ3v) is 5.24. The summed E-state index contributed by atoms with van der Waals surface area (Å²) in [6.07, 6.45) is 1.64. The summed E-state index contributed by atoms with van der Waals surface area (Å²) in [4.78, 5) is 30.1. The van der Waals surface area contributed by atoms with Gasteiger partial charge in [0.1, 0.15) is 5.75 Å². The molecule has 1 amide bonds. The highest BCUT2D eigenvalue weighted by molar-refractivity contribution is 8.00. The third-order valence-electron chi connectivity index (χ3n) is 4.15. The van der Waals surface area contributed by atoms with Crippen molar-refractivity contribution in [2.75, 3.05) is 12.4 Å². The monoisotopic (exact) mass is 395 g/mol. The van der Waals surface area contributed by atoms with Crippen molar-refractivity contribution in [3.63, 3.8) is 0 Å². The summed E-state index contributed by atoms with van der Waals surface area (Å²) < 4.78 is 6.80. The molecule has 1 aromatic heterocycles. The van der Waals surface area contributed by atoms with Crippen LogP contribution in [0.25, 0.3) is 10.9 Å². The minimum absolute atomic E-state index is 0.148. The Labute approximate surface area is 167 Å². The number of rotatable bonds is 7. The molecular formula is C21H21N3O3S. The first-order chi connectivity index (χ1) is 13.5. The smallest absolute Gasteiger partial charge is 0.262 e. The van der Waals surface area contributed by atoms with Gasteiger partial charge in [0.15, 0.2) is 5.16 Å². The maximum atomic E-state index is 12.8. The molecule has 0 unspecified atom stereocenters. The molecule has 28 heavy (non-hydrogen) atoms. The van der Waals surface area contributed by atoms with Crippen LogP contribution in [0.1, 0.15) is 6.92 Å². The van der Waals surface area contributed by atoms with Crippen molar-refractivity contribution in [2.45, 2.75) is 23.9 Å². The third kappa shape index (κ3) is 4.09. The summed E-state index contributed by atoms with van der Waals surface area (Å²) in [5, 5.41) is 3.41. The summed E-state index contributed by atoms with van der Waals surface area (Å²) in [7, 11) is 1.55. The van der Waals surface area contributed by atoms with Gasteiger partial charge in [-0.3, -0.25) is 14.2 Å². The van der Waals surface area contributed by atoms with E-state index in [1.54, 1.807) is 50.4 Å². The molecule has 0 bridgehead atoms. The topological polar surface area (TPSA) is 73.2 Å². The van der Waals surface area contributed by atoms with Gasteiger partial charge in [0.25, 0.3) is 5.56 Å². The van der Waals surface area contributed by atoms with Gasteiger partial charge in [0, 0.05) is 6.54 Å². The molecule has 0 spiro atoms. The second-order valence-corrected chi connectivity index (χ2v) is 7.37. The first-order valence-corrected chi connectivity index (χ1v) is 9.64. The fourth-order valence-corrected chi connectivity index (χ4v) is 3.64. The van der Waals surface area contributed by atoms with Gasteiger partial charge < -0.3 is 10.1 Å². The number of ether oxygens (including phenoxy) is 1. The van der Waals surface area contributed by atoms with Crippen LogP contribution < -0.4 is 15.6 Å². The molecule has 2 aromatic carbocycles. The first kappa shape index (κ1) is 19.7. The Hall–Kier alpha value is -3.06. The molecule has 0 aliphatic heterocycles. The van der Waals surface area contributed by atoms with Gasteiger partial charge in [0.05, 0.1) is 29.0 Å². The zero-order valence-electron chi connectivity index (χ0n) is 15.7. The summed E-state index contributed by atoms with van der Waals surface area (Å²) in [5.41, 5.74) is 1.05. The second-order valence-electron chi connectivity index (χ2n) is 6.07. The number of hydrogen-bond donors (Lipinski definition) is 1. The van der Waals surface area contributed by atoms with Crippen LogP contribution in [-0.4, -0.2) is 27.8 Å². The summed E-state index contributed by atoms with van der Waals surface area (Å²) in [5.74, 6) is 0.377. The van der Waals surface area contributed by atoms with Gasteiger partial charge in [-0.1, -0.05) is 42.1 Å². The average Bonchev–Trinajstić information content (AvgIpc) is 2.71. The fourth-order valence-electron chi connectivity index (χ4n) is 2.72. The molecule has 7 heteroatoms. The zero-order valence-corrected chi connectivity index (χ0v) is 16.5. The van der Waals surface area contributed by atoms with Crippen LogP contribution in [0.3, 0.4) is 0 Å². The number of hydrogen-bond acceptors (Lipinski definition) is 5. The van der Waals surface area contributed by atoms with Crippen LogP contribution in [0.15, 0.2) is 71.1 Å². The van der Waals surface area contributed by atoms with E-state index in [1.165, 1.54) is 16.3 Å². The van der Waals surface area contributed by atoms with E-state index in [1.807, 2.05) is 18.2 Å². The van der Waals surface area contributed by atoms with Crippen molar-refractivity contribution in [2.24, 2.45) is 0 Å². The molecule has 0 saturated carbocycles. The van der Waals surface area contributed by atoms with Crippen molar-refractivity contribution < 1.29 is 9.53 Å². The van der Waals surface area contributed by atoms with Crippen LogP contribution in [0.4, 0.5) is 5.69 Å². The zero-order chi connectivity index (χ0) is 20.1. The highest BCUT2D eigenvalue weighted by Gasteiger charge is 2.20. The molecule has 0 radical (unpaired) electrons. The molecular weight excluding hydrogens is 374 g/mol. The van der Waals surface area contributed by atoms with Gasteiger partial charge in [-0.2, -0.15) is 0 Å². The number of benzene rings is 2. The molecule has 0 saturated heterocycles. The molecule has 3 aromatic rings. The first-order valence-electron chi connectivity index (χ1n) is 8.76. The molecule has 1 atom stereocenters. The number of methoxy groups -OCH3 is 1. The number of thioether (sulfide) groups is 1. The van der Waals surface area contributed by atoms with Crippen LogP contribution in [0.2, 0.25) is 0 Å². The number of carbonyl (C=O) groups is 1. The lowest BCUT2D eigenvalue weighted by Crippen LogP contribution is -2.27. The van der Waals surface area contributed by atoms with Crippen molar-refractivity contribution in [3.8, 4) is 5.75 Å². The standard InChI is InChI=1S/C21H21N3O3S/c1-4-13-24-20(26)15-9-5-6-10-16(15)23-21(24)28-14(2)19(25)22-17-11-7-8-12-18(17)27-3/h4-12,14H,1,13H2,2-3H3,(H,22,25)/t14-/m1/s1. The Balaban J connectivity index is 1.88. The SMILES string of the molecule is C=CCn1c(S[C@H](C)C(=O)Nc2ccccc2OC)nc2ccccc2c1=O. The normalized spacial score (nSPS) is 11.8. The van der Waals surface area contributed by atoms with Gasteiger partial charge in [0.2, 0.25) is 5.91 Å². The highest BCUT2D eigenvalue weighted by Crippen LogP contribution is 2.27. The molecule has 1 N–H and O–H groups in total. The average molecular weight is 395 g/mol. The van der Waals surface area contributed by atoms with Gasteiger partial charge >= 0.3 is 0 Å². The van der Waals surface area contributed by atoms with Crippen LogP contribution >= 0.6 is 11.8 Å². The predicted molar refractivity (Wildman–Crippen MR) is 113 cm³/mol. The lowest BCUT2D eigenvalue weighted by Gasteiger charge is -2.16. The number of anilines is 1. The Morgan fingerprint density at radius 3 is 2.75 bits per heavy atom. The lowest BCUT2D eigenvalue weighted by molar-refractivity contribution is -0.115. The summed E-state index contributed by atoms with van der Waals surface area (Å²) in [6.45, 7) is 5.81. The van der Waals surface area contributed by atoms with E-state index in [0.29, 0.717) is 34.0 Å². The number of carbonyl (C=O) groups excluding carboxylic acids is 1. The number of aromatic nitrogens is 2. The van der Waals surface area contributed by atoms with Gasteiger partial charge in [-0.05, 0) is 31.2 Å². The highest BCUT2D eigenvalue weighted by atomic mass is 32.2. The Morgan fingerprint density at radius 2 is 2.00 bits per heavy atom. The Bertz CT molecular complexity index is 1080.